The average molecular weight is 364 g/mol. The predicted molar refractivity (Wildman–Crippen MR) is 83.1 cm³/mol. The van der Waals surface area contributed by atoms with Gasteiger partial charge in [0.05, 0.1) is 0 Å². The molecule has 0 aromatic heterocycles. The van der Waals surface area contributed by atoms with Crippen molar-refractivity contribution in [2.45, 2.75) is 12.5 Å². The zero-order valence-electron chi connectivity index (χ0n) is 12.3. The van der Waals surface area contributed by atoms with E-state index in [9.17, 15) is 17.6 Å². The van der Waals surface area contributed by atoms with Gasteiger partial charge in [-0.1, -0.05) is 18.2 Å². The van der Waals surface area contributed by atoms with Gasteiger partial charge in [-0.15, -0.1) is 25.6 Å². The normalized spacial score (nSPS) is 14.5. The van der Waals surface area contributed by atoms with Gasteiger partial charge in [0.1, 0.15) is 11.9 Å². The van der Waals surface area contributed by atoms with Crippen molar-refractivity contribution in [2.75, 3.05) is 13.1 Å². The molecule has 1 aliphatic heterocycles. The number of hydrogen-bond donors (Lipinski definition) is 1. The first kappa shape index (κ1) is 18.4. The number of nitrogens with one attached hydrogen (secondary N) is 1. The molecule has 0 unspecified atom stereocenters. The molecule has 0 atom stereocenters. The monoisotopic (exact) mass is 363 g/mol. The molecule has 0 radical (unpaired) electrons. The summed E-state index contributed by atoms with van der Waals surface area (Å²) in [6, 6.07) is 9.73. The number of benzene rings is 2. The van der Waals surface area contributed by atoms with Crippen LogP contribution in [0.5, 0.6) is 11.5 Å². The van der Waals surface area contributed by atoms with E-state index < -0.39 is 17.9 Å². The summed E-state index contributed by atoms with van der Waals surface area (Å²) in [6.07, 6.45) is -5.00. The van der Waals surface area contributed by atoms with Crippen LogP contribution in [0.4, 0.5) is 17.6 Å². The number of halogens is 5. The van der Waals surface area contributed by atoms with Crippen LogP contribution >= 0.6 is 12.4 Å². The van der Waals surface area contributed by atoms with E-state index in [1.54, 1.807) is 6.07 Å². The molecule has 24 heavy (non-hydrogen) atoms. The van der Waals surface area contributed by atoms with Crippen LogP contribution in [-0.4, -0.2) is 25.6 Å². The molecule has 2 aromatic carbocycles. The van der Waals surface area contributed by atoms with Gasteiger partial charge >= 0.3 is 6.36 Å². The largest absolute Gasteiger partial charge is 0.573 e. The minimum atomic E-state index is -4.82. The Morgan fingerprint density at radius 3 is 2.08 bits per heavy atom. The average Bonchev–Trinajstić information content (AvgIpc) is 2.43. The lowest BCUT2D eigenvalue weighted by atomic mass is 10.1. The second-order valence-electron chi connectivity index (χ2n) is 5.11. The second kappa shape index (κ2) is 7.27. The molecule has 1 fully saturated rings. The Morgan fingerprint density at radius 2 is 1.54 bits per heavy atom. The van der Waals surface area contributed by atoms with Crippen molar-refractivity contribution in [3.8, 4) is 22.6 Å². The Hall–Kier alpha value is -1.99. The summed E-state index contributed by atoms with van der Waals surface area (Å²) in [7, 11) is 0. The third kappa shape index (κ3) is 4.52. The Kier molecular flexibility index (Phi) is 5.56. The fourth-order valence-electron chi connectivity index (χ4n) is 2.16. The maximum absolute atomic E-state index is 13.0. The van der Waals surface area contributed by atoms with Gasteiger partial charge in [-0.2, -0.15) is 0 Å². The zero-order chi connectivity index (χ0) is 16.4. The zero-order valence-corrected chi connectivity index (χ0v) is 13.1. The van der Waals surface area contributed by atoms with Crippen LogP contribution in [0.3, 0.4) is 0 Å². The molecule has 0 spiro atoms. The maximum Gasteiger partial charge on any atom is 0.573 e. The van der Waals surface area contributed by atoms with E-state index in [4.69, 9.17) is 4.74 Å². The molecule has 0 aliphatic carbocycles. The van der Waals surface area contributed by atoms with Crippen molar-refractivity contribution in [1.82, 2.24) is 5.32 Å². The SMILES string of the molecule is Cl.Fc1ccc(-c2ccc(OC3CNC3)c(OC(F)(F)F)c2)cc1. The topological polar surface area (TPSA) is 30.5 Å². The lowest BCUT2D eigenvalue weighted by Gasteiger charge is -2.28. The lowest BCUT2D eigenvalue weighted by molar-refractivity contribution is -0.275. The minimum absolute atomic E-state index is 0. The van der Waals surface area contributed by atoms with Crippen LogP contribution in [0.2, 0.25) is 0 Å². The standard InChI is InChI=1S/C16H13F4NO2.ClH/c17-12-4-1-10(2-5-12)11-3-6-14(22-13-8-21-9-13)15(7-11)23-16(18,19)20;/h1-7,13,21H,8-9H2;1H. The van der Waals surface area contributed by atoms with Gasteiger partial charge < -0.3 is 14.8 Å². The third-order valence-corrected chi connectivity index (χ3v) is 3.38. The molecule has 1 aliphatic rings. The van der Waals surface area contributed by atoms with Gasteiger partial charge in [0.2, 0.25) is 0 Å². The van der Waals surface area contributed by atoms with E-state index in [0.717, 1.165) is 0 Å². The van der Waals surface area contributed by atoms with E-state index in [1.807, 2.05) is 0 Å². The van der Waals surface area contributed by atoms with Crippen molar-refractivity contribution in [3.63, 3.8) is 0 Å². The highest BCUT2D eigenvalue weighted by Crippen LogP contribution is 2.37. The van der Waals surface area contributed by atoms with Crippen molar-refractivity contribution in [1.29, 1.82) is 0 Å². The Balaban J connectivity index is 0.00000208. The molecule has 8 heteroatoms. The molecular formula is C16H14ClF4NO2. The molecule has 3 rings (SSSR count). The van der Waals surface area contributed by atoms with E-state index in [-0.39, 0.29) is 24.3 Å². The van der Waals surface area contributed by atoms with Gasteiger partial charge in [0.15, 0.2) is 11.5 Å². The predicted octanol–water partition coefficient (Wildman–Crippen LogP) is 4.16. The first-order valence-corrected chi connectivity index (χ1v) is 6.94. The van der Waals surface area contributed by atoms with Gasteiger partial charge in [-0.05, 0) is 35.4 Å². The van der Waals surface area contributed by atoms with E-state index in [1.165, 1.54) is 36.4 Å². The van der Waals surface area contributed by atoms with E-state index in [2.05, 4.69) is 10.1 Å². The Bertz CT molecular complexity index is 687. The number of rotatable bonds is 4. The minimum Gasteiger partial charge on any atom is -0.484 e. The van der Waals surface area contributed by atoms with Gasteiger partial charge in [0, 0.05) is 13.1 Å². The van der Waals surface area contributed by atoms with Gasteiger partial charge in [-0.25, -0.2) is 4.39 Å². The highest BCUT2D eigenvalue weighted by molar-refractivity contribution is 5.85. The molecule has 1 N–H and O–H groups in total. The Labute approximate surface area is 142 Å². The van der Waals surface area contributed by atoms with Gasteiger partial charge in [-0.3, -0.25) is 0 Å². The Morgan fingerprint density at radius 1 is 0.917 bits per heavy atom. The molecule has 2 aromatic rings. The molecule has 0 saturated carbocycles. The second-order valence-corrected chi connectivity index (χ2v) is 5.11. The molecule has 1 heterocycles. The summed E-state index contributed by atoms with van der Waals surface area (Å²) >= 11 is 0. The highest BCUT2D eigenvalue weighted by Gasteiger charge is 2.33. The number of alkyl halides is 3. The van der Waals surface area contributed by atoms with E-state index in [0.29, 0.717) is 24.2 Å². The summed E-state index contributed by atoms with van der Waals surface area (Å²) in [5.41, 5.74) is 1.05. The quantitative estimate of drug-likeness (QED) is 0.827. The van der Waals surface area contributed by atoms with Crippen LogP contribution in [0.25, 0.3) is 11.1 Å². The molecular weight excluding hydrogens is 350 g/mol. The first-order chi connectivity index (χ1) is 10.9. The number of ether oxygens (including phenoxy) is 2. The van der Waals surface area contributed by atoms with Crippen molar-refractivity contribution >= 4 is 12.4 Å². The summed E-state index contributed by atoms with van der Waals surface area (Å²) in [4.78, 5) is 0. The first-order valence-electron chi connectivity index (χ1n) is 6.94. The fourth-order valence-corrected chi connectivity index (χ4v) is 2.16. The van der Waals surface area contributed by atoms with Crippen LogP contribution in [-0.2, 0) is 0 Å². The van der Waals surface area contributed by atoms with Crippen LogP contribution in [0.15, 0.2) is 42.5 Å². The van der Waals surface area contributed by atoms with Crippen molar-refractivity contribution in [2.24, 2.45) is 0 Å². The molecule has 1 saturated heterocycles. The molecule has 0 amide bonds. The number of hydrogen-bond acceptors (Lipinski definition) is 3. The summed E-state index contributed by atoms with van der Waals surface area (Å²) in [5, 5.41) is 2.97. The summed E-state index contributed by atoms with van der Waals surface area (Å²) < 4.78 is 60.3. The van der Waals surface area contributed by atoms with Crippen LogP contribution < -0.4 is 14.8 Å². The highest BCUT2D eigenvalue weighted by atomic mass is 35.5. The third-order valence-electron chi connectivity index (χ3n) is 3.38. The maximum atomic E-state index is 13.0. The van der Waals surface area contributed by atoms with E-state index >= 15 is 0 Å². The van der Waals surface area contributed by atoms with Crippen LogP contribution in [0, 0.1) is 5.82 Å². The van der Waals surface area contributed by atoms with Gasteiger partial charge in [0.25, 0.3) is 0 Å². The molecule has 130 valence electrons. The summed E-state index contributed by atoms with van der Waals surface area (Å²) in [5.74, 6) is -0.802. The van der Waals surface area contributed by atoms with Crippen molar-refractivity contribution in [3.05, 3.63) is 48.3 Å². The smallest absolute Gasteiger partial charge is 0.484 e. The summed E-state index contributed by atoms with van der Waals surface area (Å²) in [6.45, 7) is 1.15. The lowest BCUT2D eigenvalue weighted by Crippen LogP contribution is -2.50. The molecule has 3 nitrogen and oxygen atoms in total. The van der Waals surface area contributed by atoms with Crippen LogP contribution in [0.1, 0.15) is 0 Å². The van der Waals surface area contributed by atoms with Crippen molar-refractivity contribution < 1.29 is 27.0 Å². The fraction of sp³-hybridized carbons (Fsp3) is 0.250. The molecule has 0 bridgehead atoms.